The minimum Gasteiger partial charge on any atom is -0.492 e. The molecule has 0 amide bonds. The zero-order valence-electron chi connectivity index (χ0n) is 19.2. The Balaban J connectivity index is 1.44. The quantitative estimate of drug-likeness (QED) is 0.415. The molecule has 8 heteroatoms. The Labute approximate surface area is 202 Å². The number of ether oxygens (including phenoxy) is 1. The van der Waals surface area contributed by atoms with Gasteiger partial charge in [-0.25, -0.2) is 8.42 Å². The van der Waals surface area contributed by atoms with Crippen molar-refractivity contribution < 1.29 is 13.2 Å². The van der Waals surface area contributed by atoms with Gasteiger partial charge in [0.25, 0.3) is 0 Å². The van der Waals surface area contributed by atoms with Crippen molar-refractivity contribution in [2.75, 3.05) is 50.8 Å². The zero-order chi connectivity index (χ0) is 23.0. The SMILES string of the molecule is CCSC(SCC)c1ccc(OCCN2CCN(S(=O)(=O)c3ccc(C)cc3)CC2)cc1. The van der Waals surface area contributed by atoms with Gasteiger partial charge in [0.1, 0.15) is 12.4 Å². The molecule has 1 aliphatic heterocycles. The molecule has 0 atom stereocenters. The van der Waals surface area contributed by atoms with Crippen LogP contribution in [0.3, 0.4) is 0 Å². The van der Waals surface area contributed by atoms with Gasteiger partial charge in [0.15, 0.2) is 0 Å². The fourth-order valence-electron chi connectivity index (χ4n) is 3.61. The van der Waals surface area contributed by atoms with Crippen molar-refractivity contribution >= 4 is 33.5 Å². The molecule has 0 spiro atoms. The summed E-state index contributed by atoms with van der Waals surface area (Å²) in [6, 6.07) is 15.5. The van der Waals surface area contributed by atoms with Crippen molar-refractivity contribution in [2.24, 2.45) is 0 Å². The number of piperazine rings is 1. The van der Waals surface area contributed by atoms with Crippen LogP contribution in [0.25, 0.3) is 0 Å². The van der Waals surface area contributed by atoms with Crippen LogP contribution in [-0.4, -0.2) is 68.5 Å². The predicted octanol–water partition coefficient (Wildman–Crippen LogP) is 4.89. The van der Waals surface area contributed by atoms with Gasteiger partial charge in [-0.1, -0.05) is 43.7 Å². The lowest BCUT2D eigenvalue weighted by atomic mass is 10.2. The highest BCUT2D eigenvalue weighted by Gasteiger charge is 2.28. The summed E-state index contributed by atoms with van der Waals surface area (Å²) < 4.78 is 33.7. The Bertz CT molecular complexity index is 920. The number of sulfonamides is 1. The van der Waals surface area contributed by atoms with Crippen molar-refractivity contribution in [1.29, 1.82) is 0 Å². The van der Waals surface area contributed by atoms with Crippen molar-refractivity contribution in [3.05, 3.63) is 59.7 Å². The summed E-state index contributed by atoms with van der Waals surface area (Å²) in [6.07, 6.45) is 0. The monoisotopic (exact) mass is 494 g/mol. The molecule has 1 heterocycles. The van der Waals surface area contributed by atoms with E-state index >= 15 is 0 Å². The average Bonchev–Trinajstić information content (AvgIpc) is 2.80. The van der Waals surface area contributed by atoms with E-state index in [-0.39, 0.29) is 0 Å². The summed E-state index contributed by atoms with van der Waals surface area (Å²) in [7, 11) is -3.41. The van der Waals surface area contributed by atoms with Gasteiger partial charge in [-0.05, 0) is 48.3 Å². The van der Waals surface area contributed by atoms with E-state index in [1.165, 1.54) is 5.56 Å². The number of benzene rings is 2. The molecular weight excluding hydrogens is 460 g/mol. The fourth-order valence-corrected chi connectivity index (χ4v) is 7.54. The van der Waals surface area contributed by atoms with E-state index in [9.17, 15) is 8.42 Å². The Kier molecular flexibility index (Phi) is 9.79. The van der Waals surface area contributed by atoms with E-state index in [0.29, 0.717) is 29.2 Å². The molecule has 0 radical (unpaired) electrons. The Hall–Kier alpha value is -1.19. The van der Waals surface area contributed by atoms with Crippen molar-refractivity contribution in [3.63, 3.8) is 0 Å². The molecule has 0 bridgehead atoms. The van der Waals surface area contributed by atoms with E-state index < -0.39 is 10.0 Å². The second-order valence-electron chi connectivity index (χ2n) is 7.72. The highest BCUT2D eigenvalue weighted by molar-refractivity contribution is 8.16. The summed E-state index contributed by atoms with van der Waals surface area (Å²) in [5, 5.41) is 0. The fraction of sp³-hybridized carbons (Fsp3) is 0.500. The number of hydrogen-bond donors (Lipinski definition) is 0. The first-order valence-electron chi connectivity index (χ1n) is 11.2. The number of thioether (sulfide) groups is 2. The molecule has 0 aliphatic carbocycles. The standard InChI is InChI=1S/C24H34N2O3S3/c1-4-30-24(31-5-2)21-8-10-22(11-9-21)29-19-18-25-14-16-26(17-15-25)32(27,28)23-12-6-20(3)7-13-23/h6-13,24H,4-5,14-19H2,1-3H3. The van der Waals surface area contributed by atoms with Crippen molar-refractivity contribution in [2.45, 2.75) is 30.2 Å². The van der Waals surface area contributed by atoms with Gasteiger partial charge in [-0.2, -0.15) is 4.31 Å². The van der Waals surface area contributed by atoms with Crippen LogP contribution in [0.1, 0.15) is 29.6 Å². The normalized spacial score (nSPS) is 15.9. The first-order chi connectivity index (χ1) is 15.4. The smallest absolute Gasteiger partial charge is 0.243 e. The maximum Gasteiger partial charge on any atom is 0.243 e. The van der Waals surface area contributed by atoms with Gasteiger partial charge < -0.3 is 4.74 Å². The third-order valence-electron chi connectivity index (χ3n) is 5.45. The number of rotatable bonds is 11. The number of aryl methyl sites for hydroxylation is 1. The summed E-state index contributed by atoms with van der Waals surface area (Å²) >= 11 is 3.93. The maximum absolute atomic E-state index is 12.8. The van der Waals surface area contributed by atoms with Crippen LogP contribution in [0.15, 0.2) is 53.4 Å². The minimum atomic E-state index is -3.41. The van der Waals surface area contributed by atoms with Gasteiger partial charge in [0.05, 0.1) is 9.48 Å². The molecule has 0 unspecified atom stereocenters. The Morgan fingerprint density at radius 2 is 1.50 bits per heavy atom. The first-order valence-corrected chi connectivity index (χ1v) is 14.7. The van der Waals surface area contributed by atoms with Crippen LogP contribution in [0.4, 0.5) is 0 Å². The molecule has 1 fully saturated rings. The number of hydrogen-bond acceptors (Lipinski definition) is 6. The van der Waals surface area contributed by atoms with Gasteiger partial charge in [-0.3, -0.25) is 4.90 Å². The highest BCUT2D eigenvalue weighted by atomic mass is 32.2. The van der Waals surface area contributed by atoms with Crippen LogP contribution < -0.4 is 4.74 Å². The summed E-state index contributed by atoms with van der Waals surface area (Å²) in [5.74, 6) is 3.10. The summed E-state index contributed by atoms with van der Waals surface area (Å²) in [6.45, 7) is 10.2. The van der Waals surface area contributed by atoms with E-state index in [4.69, 9.17) is 4.74 Å². The maximum atomic E-state index is 12.8. The molecule has 1 aliphatic rings. The topological polar surface area (TPSA) is 49.9 Å². The second-order valence-corrected chi connectivity index (χ2v) is 12.7. The lowest BCUT2D eigenvalue weighted by Gasteiger charge is -2.33. The molecule has 0 saturated carbocycles. The van der Waals surface area contributed by atoms with Gasteiger partial charge in [-0.15, -0.1) is 23.5 Å². The first kappa shape index (κ1) is 25.4. The molecule has 176 valence electrons. The van der Waals surface area contributed by atoms with Gasteiger partial charge >= 0.3 is 0 Å². The molecule has 2 aromatic rings. The second kappa shape index (κ2) is 12.3. The number of nitrogens with zero attached hydrogens (tertiary/aromatic N) is 2. The van der Waals surface area contributed by atoms with Crippen molar-refractivity contribution in [1.82, 2.24) is 9.21 Å². The van der Waals surface area contributed by atoms with Crippen LogP contribution in [0.5, 0.6) is 5.75 Å². The Morgan fingerprint density at radius 3 is 2.06 bits per heavy atom. The van der Waals surface area contributed by atoms with E-state index in [1.54, 1.807) is 16.4 Å². The summed E-state index contributed by atoms with van der Waals surface area (Å²) in [4.78, 5) is 2.64. The van der Waals surface area contributed by atoms with Crippen molar-refractivity contribution in [3.8, 4) is 5.75 Å². The largest absolute Gasteiger partial charge is 0.492 e. The molecule has 5 nitrogen and oxygen atoms in total. The molecule has 2 aromatic carbocycles. The van der Waals surface area contributed by atoms with E-state index in [0.717, 1.165) is 42.5 Å². The van der Waals surface area contributed by atoms with Crippen LogP contribution in [0.2, 0.25) is 0 Å². The average molecular weight is 495 g/mol. The lowest BCUT2D eigenvalue weighted by molar-refractivity contribution is 0.159. The molecule has 1 saturated heterocycles. The van der Waals surface area contributed by atoms with E-state index in [2.05, 4.69) is 43.0 Å². The minimum absolute atomic E-state index is 0.375. The predicted molar refractivity (Wildman–Crippen MR) is 137 cm³/mol. The van der Waals surface area contributed by atoms with Crippen LogP contribution in [-0.2, 0) is 10.0 Å². The molecule has 0 aromatic heterocycles. The molecule has 0 N–H and O–H groups in total. The zero-order valence-corrected chi connectivity index (χ0v) is 21.6. The van der Waals surface area contributed by atoms with Crippen LogP contribution in [0, 0.1) is 6.92 Å². The lowest BCUT2D eigenvalue weighted by Crippen LogP contribution is -2.49. The Morgan fingerprint density at radius 1 is 0.906 bits per heavy atom. The van der Waals surface area contributed by atoms with Gasteiger partial charge in [0.2, 0.25) is 10.0 Å². The third kappa shape index (κ3) is 6.90. The molecule has 3 rings (SSSR count). The third-order valence-corrected chi connectivity index (χ3v) is 10.0. The molecule has 32 heavy (non-hydrogen) atoms. The van der Waals surface area contributed by atoms with E-state index in [1.807, 2.05) is 42.6 Å². The summed E-state index contributed by atoms with van der Waals surface area (Å²) in [5.41, 5.74) is 2.39. The highest BCUT2D eigenvalue weighted by Crippen LogP contribution is 2.39. The molecular formula is C24H34N2O3S3. The van der Waals surface area contributed by atoms with Gasteiger partial charge in [0, 0.05) is 32.7 Å². The van der Waals surface area contributed by atoms with Crippen LogP contribution >= 0.6 is 23.5 Å².